The molecule has 2 aromatic rings. The van der Waals surface area contributed by atoms with Crippen LogP contribution in [0.2, 0.25) is 0 Å². The number of nitrogens with zero attached hydrogens (tertiary/aromatic N) is 4. The SMILES string of the molecule is COC1CCCN(C(=O)c2ccc(-c3nccnc3N(C)C)cc2)C1. The number of amides is 1. The summed E-state index contributed by atoms with van der Waals surface area (Å²) in [4.78, 5) is 25.3. The van der Waals surface area contributed by atoms with Gasteiger partial charge < -0.3 is 14.5 Å². The van der Waals surface area contributed by atoms with Crippen molar-refractivity contribution >= 4 is 11.7 Å². The zero-order chi connectivity index (χ0) is 17.8. The molecule has 3 rings (SSSR count). The average Bonchev–Trinajstić information content (AvgIpc) is 2.67. The lowest BCUT2D eigenvalue weighted by molar-refractivity contribution is 0.0269. The number of ether oxygens (including phenoxy) is 1. The lowest BCUT2D eigenvalue weighted by atomic mass is 10.0. The zero-order valence-electron chi connectivity index (χ0n) is 15.0. The van der Waals surface area contributed by atoms with Gasteiger partial charge in [0.2, 0.25) is 0 Å². The molecule has 1 aromatic carbocycles. The lowest BCUT2D eigenvalue weighted by Crippen LogP contribution is -2.42. The summed E-state index contributed by atoms with van der Waals surface area (Å²) >= 11 is 0. The molecular weight excluding hydrogens is 316 g/mol. The first-order chi connectivity index (χ1) is 12.1. The molecule has 1 amide bonds. The molecule has 0 radical (unpaired) electrons. The summed E-state index contributed by atoms with van der Waals surface area (Å²) in [7, 11) is 5.58. The van der Waals surface area contributed by atoms with Gasteiger partial charge in [-0.25, -0.2) is 4.98 Å². The van der Waals surface area contributed by atoms with Crippen LogP contribution in [0.4, 0.5) is 5.82 Å². The van der Waals surface area contributed by atoms with E-state index in [0.717, 1.165) is 36.5 Å². The van der Waals surface area contributed by atoms with Crippen LogP contribution >= 0.6 is 0 Å². The summed E-state index contributed by atoms with van der Waals surface area (Å²) in [5, 5.41) is 0. The number of hydrogen-bond acceptors (Lipinski definition) is 5. The first-order valence-electron chi connectivity index (χ1n) is 8.51. The molecule has 1 unspecified atom stereocenters. The van der Waals surface area contributed by atoms with Crippen molar-refractivity contribution in [2.75, 3.05) is 39.2 Å². The molecule has 1 saturated heterocycles. The van der Waals surface area contributed by atoms with Crippen molar-refractivity contribution in [3.63, 3.8) is 0 Å². The molecule has 1 fully saturated rings. The number of carbonyl (C=O) groups excluding carboxylic acids is 1. The fourth-order valence-corrected chi connectivity index (χ4v) is 3.13. The number of likely N-dealkylation sites (tertiary alicyclic amines) is 1. The maximum absolute atomic E-state index is 12.7. The van der Waals surface area contributed by atoms with E-state index in [-0.39, 0.29) is 12.0 Å². The van der Waals surface area contributed by atoms with E-state index in [9.17, 15) is 4.79 Å². The highest BCUT2D eigenvalue weighted by molar-refractivity contribution is 5.95. The normalized spacial score (nSPS) is 17.4. The number of hydrogen-bond donors (Lipinski definition) is 0. The van der Waals surface area contributed by atoms with Crippen LogP contribution in [0.1, 0.15) is 23.2 Å². The van der Waals surface area contributed by atoms with Crippen LogP contribution in [0.15, 0.2) is 36.7 Å². The highest BCUT2D eigenvalue weighted by Gasteiger charge is 2.24. The van der Waals surface area contributed by atoms with Crippen molar-refractivity contribution in [2.24, 2.45) is 0 Å². The van der Waals surface area contributed by atoms with E-state index in [1.165, 1.54) is 0 Å². The minimum Gasteiger partial charge on any atom is -0.380 e. The quantitative estimate of drug-likeness (QED) is 0.856. The molecule has 6 nitrogen and oxygen atoms in total. The first-order valence-corrected chi connectivity index (χ1v) is 8.51. The summed E-state index contributed by atoms with van der Waals surface area (Å²) in [6.07, 6.45) is 5.49. The summed E-state index contributed by atoms with van der Waals surface area (Å²) in [5.41, 5.74) is 2.45. The summed E-state index contributed by atoms with van der Waals surface area (Å²) in [5.74, 6) is 0.862. The second-order valence-electron chi connectivity index (χ2n) is 6.45. The van der Waals surface area contributed by atoms with E-state index in [4.69, 9.17) is 4.74 Å². The fourth-order valence-electron chi connectivity index (χ4n) is 3.13. The molecule has 1 aliphatic rings. The van der Waals surface area contributed by atoms with Crippen LogP contribution in [0.5, 0.6) is 0 Å². The molecular formula is C19H24N4O2. The topological polar surface area (TPSA) is 58.6 Å². The van der Waals surface area contributed by atoms with Crippen molar-refractivity contribution in [1.29, 1.82) is 0 Å². The van der Waals surface area contributed by atoms with Gasteiger partial charge in [-0.2, -0.15) is 0 Å². The highest BCUT2D eigenvalue weighted by atomic mass is 16.5. The highest BCUT2D eigenvalue weighted by Crippen LogP contribution is 2.26. The molecule has 0 saturated carbocycles. The first kappa shape index (κ1) is 17.4. The minimum absolute atomic E-state index is 0.0558. The monoisotopic (exact) mass is 340 g/mol. The lowest BCUT2D eigenvalue weighted by Gasteiger charge is -2.32. The molecule has 25 heavy (non-hydrogen) atoms. The van der Waals surface area contributed by atoms with Gasteiger partial charge in [0, 0.05) is 57.8 Å². The molecule has 0 N–H and O–H groups in total. The third kappa shape index (κ3) is 3.79. The third-order valence-corrected chi connectivity index (χ3v) is 4.51. The Labute approximate surface area is 148 Å². The Bertz CT molecular complexity index is 730. The standard InChI is InChI=1S/C19H24N4O2/c1-22(2)18-17(20-10-11-21-18)14-6-8-15(9-7-14)19(24)23-12-4-5-16(13-23)25-3/h6-11,16H,4-5,12-13H2,1-3H3. The predicted octanol–water partition coefficient (Wildman–Crippen LogP) is 2.46. The summed E-state index contributed by atoms with van der Waals surface area (Å²) in [6.45, 7) is 1.45. The Morgan fingerprint density at radius 1 is 1.20 bits per heavy atom. The minimum atomic E-state index is 0.0558. The Balaban J connectivity index is 1.80. The van der Waals surface area contributed by atoms with Gasteiger partial charge in [-0.15, -0.1) is 0 Å². The maximum Gasteiger partial charge on any atom is 0.253 e. The Hall–Kier alpha value is -2.47. The number of benzene rings is 1. The molecule has 132 valence electrons. The largest absolute Gasteiger partial charge is 0.380 e. The zero-order valence-corrected chi connectivity index (χ0v) is 15.0. The smallest absolute Gasteiger partial charge is 0.253 e. The molecule has 0 spiro atoms. The molecule has 0 aliphatic carbocycles. The van der Waals surface area contributed by atoms with Crippen molar-refractivity contribution < 1.29 is 9.53 Å². The maximum atomic E-state index is 12.7. The molecule has 1 aliphatic heterocycles. The molecule has 1 aromatic heterocycles. The Morgan fingerprint density at radius 2 is 1.92 bits per heavy atom. The molecule has 6 heteroatoms. The van der Waals surface area contributed by atoms with Gasteiger partial charge in [-0.1, -0.05) is 12.1 Å². The van der Waals surface area contributed by atoms with Crippen LogP contribution in [0.25, 0.3) is 11.3 Å². The van der Waals surface area contributed by atoms with Gasteiger partial charge in [0.05, 0.1) is 6.10 Å². The number of rotatable bonds is 4. The van der Waals surface area contributed by atoms with Gasteiger partial charge in [-0.05, 0) is 25.0 Å². The number of aromatic nitrogens is 2. The van der Waals surface area contributed by atoms with Crippen molar-refractivity contribution in [1.82, 2.24) is 14.9 Å². The van der Waals surface area contributed by atoms with Gasteiger partial charge >= 0.3 is 0 Å². The van der Waals surface area contributed by atoms with Crippen LogP contribution in [0, 0.1) is 0 Å². The number of carbonyl (C=O) groups is 1. The number of piperidine rings is 1. The van der Waals surface area contributed by atoms with Crippen LogP contribution < -0.4 is 4.90 Å². The fraction of sp³-hybridized carbons (Fsp3) is 0.421. The Morgan fingerprint density at radius 3 is 2.60 bits per heavy atom. The van der Waals surface area contributed by atoms with Crippen molar-refractivity contribution in [3.05, 3.63) is 42.2 Å². The molecule has 2 heterocycles. The van der Waals surface area contributed by atoms with Gasteiger partial charge in [-0.3, -0.25) is 9.78 Å². The third-order valence-electron chi connectivity index (χ3n) is 4.51. The van der Waals surface area contributed by atoms with Gasteiger partial charge in [0.25, 0.3) is 5.91 Å². The Kier molecular flexibility index (Phi) is 5.28. The van der Waals surface area contributed by atoms with Crippen LogP contribution in [-0.2, 0) is 4.74 Å². The van der Waals surface area contributed by atoms with Crippen molar-refractivity contribution in [3.8, 4) is 11.3 Å². The van der Waals surface area contributed by atoms with Crippen LogP contribution in [0.3, 0.4) is 0 Å². The van der Waals surface area contributed by atoms with Crippen LogP contribution in [-0.4, -0.2) is 61.2 Å². The number of methoxy groups -OCH3 is 1. The van der Waals surface area contributed by atoms with Gasteiger partial charge in [0.1, 0.15) is 5.69 Å². The average molecular weight is 340 g/mol. The van der Waals surface area contributed by atoms with E-state index in [0.29, 0.717) is 12.1 Å². The number of anilines is 1. The second-order valence-corrected chi connectivity index (χ2v) is 6.45. The van der Waals surface area contributed by atoms with E-state index in [1.807, 2.05) is 48.2 Å². The molecule has 0 bridgehead atoms. The van der Waals surface area contributed by atoms with Crippen molar-refractivity contribution in [2.45, 2.75) is 18.9 Å². The predicted molar refractivity (Wildman–Crippen MR) is 97.7 cm³/mol. The van der Waals surface area contributed by atoms with Gasteiger partial charge in [0.15, 0.2) is 5.82 Å². The van der Waals surface area contributed by atoms with E-state index >= 15 is 0 Å². The van der Waals surface area contributed by atoms with E-state index in [2.05, 4.69) is 9.97 Å². The second kappa shape index (κ2) is 7.61. The summed E-state index contributed by atoms with van der Waals surface area (Å²) in [6, 6.07) is 7.59. The summed E-state index contributed by atoms with van der Waals surface area (Å²) < 4.78 is 5.41. The van der Waals surface area contributed by atoms with E-state index < -0.39 is 0 Å². The van der Waals surface area contributed by atoms with E-state index in [1.54, 1.807) is 19.5 Å². The molecule has 1 atom stereocenters.